The Balaban J connectivity index is 1.28. The fraction of sp³-hybridized carbons (Fsp3) is 0.524. The maximum absolute atomic E-state index is 6.70. The average molecular weight is 414 g/mol. The number of hydrogen-bond acceptors (Lipinski definition) is 5. The molecule has 29 heavy (non-hydrogen) atoms. The van der Waals surface area contributed by atoms with Crippen LogP contribution < -0.4 is 0 Å². The standard InChI is InChI=1S/C21H24ClN5O2/c22-20-5-15-7-24-27(16-8-23-26(9-16)18-12-29-13-18)21(15)6-19(20)14-1-3-25(4-2-14)17-10-28-11-17/h5-9,14,17-18H,1-4,10-13H2. The maximum atomic E-state index is 6.70. The van der Waals surface area contributed by atoms with Crippen LogP contribution in [0, 0.1) is 0 Å². The van der Waals surface area contributed by atoms with Crippen LogP contribution in [0.15, 0.2) is 30.7 Å². The van der Waals surface area contributed by atoms with Crippen LogP contribution in [-0.4, -0.2) is 70.0 Å². The highest BCUT2D eigenvalue weighted by atomic mass is 35.5. The summed E-state index contributed by atoms with van der Waals surface area (Å²) in [7, 11) is 0. The van der Waals surface area contributed by atoms with E-state index in [0.717, 1.165) is 74.0 Å². The zero-order chi connectivity index (χ0) is 19.4. The van der Waals surface area contributed by atoms with E-state index in [-0.39, 0.29) is 0 Å². The first-order valence-electron chi connectivity index (χ1n) is 10.4. The van der Waals surface area contributed by atoms with Gasteiger partial charge in [-0.2, -0.15) is 10.2 Å². The second kappa shape index (κ2) is 7.09. The van der Waals surface area contributed by atoms with E-state index in [2.05, 4.69) is 27.2 Å². The lowest BCUT2D eigenvalue weighted by Crippen LogP contribution is -2.51. The Kier molecular flexibility index (Phi) is 4.37. The lowest BCUT2D eigenvalue weighted by atomic mass is 9.88. The molecule has 8 heteroatoms. The Morgan fingerprint density at radius 1 is 0.931 bits per heavy atom. The van der Waals surface area contributed by atoms with Crippen molar-refractivity contribution < 1.29 is 9.47 Å². The summed E-state index contributed by atoms with van der Waals surface area (Å²) in [6.07, 6.45) is 8.07. The third kappa shape index (κ3) is 3.08. The number of nitrogens with zero attached hydrogens (tertiary/aromatic N) is 5. The molecule has 1 aromatic carbocycles. The van der Waals surface area contributed by atoms with E-state index in [1.807, 2.05) is 28.0 Å². The first-order valence-corrected chi connectivity index (χ1v) is 10.8. The van der Waals surface area contributed by atoms with E-state index in [1.54, 1.807) is 0 Å². The molecule has 3 saturated heterocycles. The molecule has 152 valence electrons. The molecule has 7 nitrogen and oxygen atoms in total. The van der Waals surface area contributed by atoms with Crippen molar-refractivity contribution in [2.75, 3.05) is 39.5 Å². The van der Waals surface area contributed by atoms with Gasteiger partial charge < -0.3 is 9.47 Å². The highest BCUT2D eigenvalue weighted by Crippen LogP contribution is 2.36. The minimum atomic E-state index is 0.335. The predicted molar refractivity (Wildman–Crippen MR) is 110 cm³/mol. The molecule has 0 spiro atoms. The van der Waals surface area contributed by atoms with Crippen molar-refractivity contribution >= 4 is 22.5 Å². The fourth-order valence-corrected chi connectivity index (χ4v) is 4.93. The number of aromatic nitrogens is 4. The summed E-state index contributed by atoms with van der Waals surface area (Å²) in [5.41, 5.74) is 3.30. The molecule has 0 aliphatic carbocycles. The van der Waals surface area contributed by atoms with E-state index in [9.17, 15) is 0 Å². The monoisotopic (exact) mass is 413 g/mol. The lowest BCUT2D eigenvalue weighted by molar-refractivity contribution is -0.0712. The molecule has 3 aliphatic heterocycles. The second-order valence-electron chi connectivity index (χ2n) is 8.36. The zero-order valence-corrected chi connectivity index (χ0v) is 17.0. The largest absolute Gasteiger partial charge is 0.378 e. The van der Waals surface area contributed by atoms with Crippen LogP contribution in [0.2, 0.25) is 5.02 Å². The van der Waals surface area contributed by atoms with Gasteiger partial charge >= 0.3 is 0 Å². The summed E-state index contributed by atoms with van der Waals surface area (Å²) in [5.74, 6) is 0.488. The van der Waals surface area contributed by atoms with E-state index in [4.69, 9.17) is 21.1 Å². The Hall–Kier alpha value is -1.93. The van der Waals surface area contributed by atoms with Crippen molar-refractivity contribution in [3.8, 4) is 5.69 Å². The van der Waals surface area contributed by atoms with Crippen LogP contribution in [0.25, 0.3) is 16.6 Å². The summed E-state index contributed by atoms with van der Waals surface area (Å²) in [6.45, 7) is 5.46. The average Bonchev–Trinajstić information content (AvgIpc) is 3.25. The molecule has 0 atom stereocenters. The Morgan fingerprint density at radius 3 is 2.38 bits per heavy atom. The van der Waals surface area contributed by atoms with Gasteiger partial charge in [0, 0.05) is 10.4 Å². The Morgan fingerprint density at radius 2 is 1.69 bits per heavy atom. The third-order valence-electron chi connectivity index (χ3n) is 6.62. The second-order valence-corrected chi connectivity index (χ2v) is 8.77. The Labute approximate surface area is 174 Å². The van der Waals surface area contributed by atoms with E-state index in [1.165, 1.54) is 5.56 Å². The molecule has 3 aromatic rings. The molecule has 0 amide bonds. The third-order valence-corrected chi connectivity index (χ3v) is 6.95. The molecule has 3 aliphatic rings. The summed E-state index contributed by atoms with van der Waals surface area (Å²) in [5, 5.41) is 11.0. The lowest BCUT2D eigenvalue weighted by Gasteiger charge is -2.41. The topological polar surface area (TPSA) is 57.3 Å². The number of likely N-dealkylation sites (tertiary alicyclic amines) is 1. The van der Waals surface area contributed by atoms with Crippen LogP contribution in [-0.2, 0) is 9.47 Å². The molecular formula is C21H24ClN5O2. The minimum Gasteiger partial charge on any atom is -0.378 e. The fourth-order valence-electron chi connectivity index (χ4n) is 4.60. The van der Waals surface area contributed by atoms with Gasteiger partial charge in [-0.05, 0) is 49.5 Å². The van der Waals surface area contributed by atoms with Crippen LogP contribution in [0.5, 0.6) is 0 Å². The smallest absolute Gasteiger partial charge is 0.103 e. The predicted octanol–water partition coefficient (Wildman–Crippen LogP) is 3.02. The number of hydrogen-bond donors (Lipinski definition) is 0. The van der Waals surface area contributed by atoms with Gasteiger partial charge in [0.25, 0.3) is 0 Å². The quantitative estimate of drug-likeness (QED) is 0.658. The number of benzene rings is 1. The molecule has 0 unspecified atom stereocenters. The number of halogens is 1. The van der Waals surface area contributed by atoms with Gasteiger partial charge in [-0.1, -0.05) is 11.6 Å². The van der Waals surface area contributed by atoms with Gasteiger partial charge in [0.15, 0.2) is 0 Å². The number of fused-ring (bicyclic) bond motifs is 1. The van der Waals surface area contributed by atoms with Crippen molar-refractivity contribution in [3.05, 3.63) is 41.3 Å². The van der Waals surface area contributed by atoms with E-state index >= 15 is 0 Å². The maximum Gasteiger partial charge on any atom is 0.103 e. The van der Waals surface area contributed by atoms with Crippen LogP contribution >= 0.6 is 11.6 Å². The van der Waals surface area contributed by atoms with Gasteiger partial charge in [-0.25, -0.2) is 4.68 Å². The SMILES string of the molecule is Clc1cc2cnn(-c3cnn(C4COC4)c3)c2cc1C1CCN(C2COC2)CC1. The molecule has 5 heterocycles. The minimum absolute atomic E-state index is 0.335. The number of rotatable bonds is 4. The zero-order valence-electron chi connectivity index (χ0n) is 16.2. The number of piperidine rings is 1. The van der Waals surface area contributed by atoms with Crippen molar-refractivity contribution in [2.45, 2.75) is 30.8 Å². The summed E-state index contributed by atoms with van der Waals surface area (Å²) in [6, 6.07) is 5.25. The van der Waals surface area contributed by atoms with Crippen LogP contribution in [0.4, 0.5) is 0 Å². The molecule has 0 bridgehead atoms. The molecule has 0 N–H and O–H groups in total. The summed E-state index contributed by atoms with van der Waals surface area (Å²) < 4.78 is 14.6. The van der Waals surface area contributed by atoms with Gasteiger partial charge in [0.1, 0.15) is 5.69 Å². The van der Waals surface area contributed by atoms with Gasteiger partial charge in [0.05, 0.1) is 62.6 Å². The van der Waals surface area contributed by atoms with Gasteiger partial charge in [-0.15, -0.1) is 0 Å². The van der Waals surface area contributed by atoms with Crippen molar-refractivity contribution in [2.24, 2.45) is 0 Å². The molecule has 0 radical (unpaired) electrons. The summed E-state index contributed by atoms with van der Waals surface area (Å²) >= 11 is 6.70. The molecule has 2 aromatic heterocycles. The normalized spacial score (nSPS) is 22.1. The highest BCUT2D eigenvalue weighted by Gasteiger charge is 2.31. The molecule has 3 fully saturated rings. The van der Waals surface area contributed by atoms with E-state index in [0.29, 0.717) is 18.0 Å². The summed E-state index contributed by atoms with van der Waals surface area (Å²) in [4.78, 5) is 2.56. The van der Waals surface area contributed by atoms with Crippen molar-refractivity contribution in [1.29, 1.82) is 0 Å². The van der Waals surface area contributed by atoms with Crippen LogP contribution in [0.1, 0.15) is 30.4 Å². The molecular weight excluding hydrogens is 390 g/mol. The first-order chi connectivity index (χ1) is 14.3. The Bertz CT molecular complexity index is 1030. The van der Waals surface area contributed by atoms with Gasteiger partial charge in [-0.3, -0.25) is 9.58 Å². The highest BCUT2D eigenvalue weighted by molar-refractivity contribution is 6.32. The van der Waals surface area contributed by atoms with Crippen molar-refractivity contribution in [1.82, 2.24) is 24.5 Å². The van der Waals surface area contributed by atoms with Gasteiger partial charge in [0.2, 0.25) is 0 Å². The number of ether oxygens (including phenoxy) is 2. The first kappa shape index (κ1) is 17.9. The van der Waals surface area contributed by atoms with Crippen LogP contribution in [0.3, 0.4) is 0 Å². The van der Waals surface area contributed by atoms with Crippen molar-refractivity contribution in [3.63, 3.8) is 0 Å². The van der Waals surface area contributed by atoms with E-state index < -0.39 is 0 Å². The molecule has 0 saturated carbocycles. The molecule has 6 rings (SSSR count).